The van der Waals surface area contributed by atoms with Gasteiger partial charge in [0.1, 0.15) is 0 Å². The van der Waals surface area contributed by atoms with Gasteiger partial charge in [0.05, 0.1) is 0 Å². The quantitative estimate of drug-likeness (QED) is 0.723. The van der Waals surface area contributed by atoms with Crippen LogP contribution in [0.3, 0.4) is 0 Å². The van der Waals surface area contributed by atoms with Gasteiger partial charge in [0.25, 0.3) is 0 Å². The Bertz CT molecular complexity index is 203. The molecule has 0 bridgehead atoms. The summed E-state index contributed by atoms with van der Waals surface area (Å²) in [4.78, 5) is 4.95. The van der Waals surface area contributed by atoms with Crippen LogP contribution >= 0.6 is 0 Å². The van der Waals surface area contributed by atoms with Crippen molar-refractivity contribution in [2.45, 2.75) is 25.3 Å². The predicted molar refractivity (Wildman–Crippen MR) is 63.8 cm³/mol. The maximum absolute atomic E-state index is 5.86. The fourth-order valence-corrected chi connectivity index (χ4v) is 2.93. The van der Waals surface area contributed by atoms with E-state index in [0.717, 1.165) is 18.4 Å². The summed E-state index contributed by atoms with van der Waals surface area (Å²) in [6.45, 7) is 4.62. The summed E-state index contributed by atoms with van der Waals surface area (Å²) in [5.74, 6) is 1.77. The minimum atomic E-state index is 0.649. The summed E-state index contributed by atoms with van der Waals surface area (Å²) in [5.41, 5.74) is 5.86. The molecule has 2 unspecified atom stereocenters. The molecule has 15 heavy (non-hydrogen) atoms. The third-order valence-electron chi connectivity index (χ3n) is 4.01. The highest BCUT2D eigenvalue weighted by atomic mass is 15.2. The Morgan fingerprint density at radius 3 is 2.60 bits per heavy atom. The van der Waals surface area contributed by atoms with Gasteiger partial charge in [-0.3, -0.25) is 0 Å². The van der Waals surface area contributed by atoms with E-state index in [0.29, 0.717) is 6.04 Å². The van der Waals surface area contributed by atoms with Crippen LogP contribution in [0, 0.1) is 11.8 Å². The summed E-state index contributed by atoms with van der Waals surface area (Å²) in [7, 11) is 4.48. The molecule has 1 aliphatic heterocycles. The van der Waals surface area contributed by atoms with Crippen LogP contribution in [0.15, 0.2) is 0 Å². The second kappa shape index (κ2) is 4.81. The SMILES string of the molecule is CN1CCC(CN(C)C(CN)C2CC2)C1. The normalized spacial score (nSPS) is 30.0. The zero-order valence-electron chi connectivity index (χ0n) is 10.2. The van der Waals surface area contributed by atoms with E-state index < -0.39 is 0 Å². The van der Waals surface area contributed by atoms with Crippen molar-refractivity contribution in [1.29, 1.82) is 0 Å². The molecular formula is C12H25N3. The number of nitrogens with zero attached hydrogens (tertiary/aromatic N) is 2. The fraction of sp³-hybridized carbons (Fsp3) is 1.00. The fourth-order valence-electron chi connectivity index (χ4n) is 2.93. The van der Waals surface area contributed by atoms with Gasteiger partial charge < -0.3 is 15.5 Å². The lowest BCUT2D eigenvalue weighted by molar-refractivity contribution is 0.192. The molecule has 0 aromatic heterocycles. The third-order valence-corrected chi connectivity index (χ3v) is 4.01. The first-order valence-corrected chi connectivity index (χ1v) is 6.29. The van der Waals surface area contributed by atoms with Gasteiger partial charge in [0.2, 0.25) is 0 Å². The average Bonchev–Trinajstić information content (AvgIpc) is 2.93. The molecule has 2 fully saturated rings. The van der Waals surface area contributed by atoms with Crippen molar-refractivity contribution in [2.24, 2.45) is 17.6 Å². The number of likely N-dealkylation sites (N-methyl/N-ethyl adjacent to an activating group) is 1. The smallest absolute Gasteiger partial charge is 0.0243 e. The zero-order valence-corrected chi connectivity index (χ0v) is 10.2. The molecule has 2 rings (SSSR count). The average molecular weight is 211 g/mol. The summed E-state index contributed by atoms with van der Waals surface area (Å²) in [6.07, 6.45) is 4.16. The summed E-state index contributed by atoms with van der Waals surface area (Å²) in [6, 6.07) is 0.649. The molecule has 2 atom stereocenters. The molecule has 1 saturated carbocycles. The highest BCUT2D eigenvalue weighted by Crippen LogP contribution is 2.35. The van der Waals surface area contributed by atoms with Crippen LogP contribution in [0.25, 0.3) is 0 Å². The molecule has 0 spiro atoms. The van der Waals surface area contributed by atoms with E-state index in [9.17, 15) is 0 Å². The van der Waals surface area contributed by atoms with Gasteiger partial charge in [-0.1, -0.05) is 0 Å². The molecule has 1 aliphatic carbocycles. The Hall–Kier alpha value is -0.120. The molecule has 1 heterocycles. The van der Waals surface area contributed by atoms with Crippen molar-refractivity contribution >= 4 is 0 Å². The van der Waals surface area contributed by atoms with Gasteiger partial charge in [-0.15, -0.1) is 0 Å². The Kier molecular flexibility index (Phi) is 3.65. The number of rotatable bonds is 5. The largest absolute Gasteiger partial charge is 0.329 e. The second-order valence-electron chi connectivity index (χ2n) is 5.50. The highest BCUT2D eigenvalue weighted by Gasteiger charge is 2.34. The van der Waals surface area contributed by atoms with Crippen LogP contribution in [0.5, 0.6) is 0 Å². The molecular weight excluding hydrogens is 186 g/mol. The van der Waals surface area contributed by atoms with E-state index in [2.05, 4.69) is 23.9 Å². The number of hydrogen-bond donors (Lipinski definition) is 1. The summed E-state index contributed by atoms with van der Waals surface area (Å²) >= 11 is 0. The summed E-state index contributed by atoms with van der Waals surface area (Å²) < 4.78 is 0. The Balaban J connectivity index is 1.77. The van der Waals surface area contributed by atoms with Gasteiger partial charge in [-0.05, 0) is 51.7 Å². The number of likely N-dealkylation sites (tertiary alicyclic amines) is 1. The number of hydrogen-bond acceptors (Lipinski definition) is 3. The monoisotopic (exact) mass is 211 g/mol. The van der Waals surface area contributed by atoms with Crippen molar-refractivity contribution in [3.63, 3.8) is 0 Å². The number of nitrogens with two attached hydrogens (primary N) is 1. The molecule has 0 amide bonds. The van der Waals surface area contributed by atoms with Crippen molar-refractivity contribution in [3.05, 3.63) is 0 Å². The first-order valence-electron chi connectivity index (χ1n) is 6.29. The Morgan fingerprint density at radius 2 is 2.13 bits per heavy atom. The van der Waals surface area contributed by atoms with Crippen LogP contribution in [0.1, 0.15) is 19.3 Å². The topological polar surface area (TPSA) is 32.5 Å². The van der Waals surface area contributed by atoms with Gasteiger partial charge in [-0.25, -0.2) is 0 Å². The standard InChI is InChI=1S/C12H25N3/c1-14-6-5-10(8-14)9-15(2)12(7-13)11-3-4-11/h10-12H,3-9,13H2,1-2H3. The highest BCUT2D eigenvalue weighted by molar-refractivity contribution is 4.89. The van der Waals surface area contributed by atoms with Crippen LogP contribution in [-0.4, -0.2) is 56.1 Å². The van der Waals surface area contributed by atoms with Crippen LogP contribution in [0.4, 0.5) is 0 Å². The summed E-state index contributed by atoms with van der Waals surface area (Å²) in [5, 5.41) is 0. The predicted octanol–water partition coefficient (Wildman–Crippen LogP) is 0.607. The lowest BCUT2D eigenvalue weighted by atomic mass is 10.1. The van der Waals surface area contributed by atoms with Gasteiger partial charge in [-0.2, -0.15) is 0 Å². The van der Waals surface area contributed by atoms with Gasteiger partial charge in [0, 0.05) is 25.7 Å². The van der Waals surface area contributed by atoms with Crippen LogP contribution in [0.2, 0.25) is 0 Å². The molecule has 2 aliphatic rings. The maximum Gasteiger partial charge on any atom is 0.0243 e. The lowest BCUT2D eigenvalue weighted by Gasteiger charge is -2.29. The van der Waals surface area contributed by atoms with Crippen molar-refractivity contribution < 1.29 is 0 Å². The van der Waals surface area contributed by atoms with E-state index in [-0.39, 0.29) is 0 Å². The molecule has 0 radical (unpaired) electrons. The van der Waals surface area contributed by atoms with E-state index in [1.54, 1.807) is 0 Å². The minimum absolute atomic E-state index is 0.649. The molecule has 0 aromatic carbocycles. The Labute approximate surface area is 93.6 Å². The minimum Gasteiger partial charge on any atom is -0.329 e. The lowest BCUT2D eigenvalue weighted by Crippen LogP contribution is -2.42. The van der Waals surface area contributed by atoms with Crippen molar-refractivity contribution in [3.8, 4) is 0 Å². The third kappa shape index (κ3) is 2.92. The molecule has 1 saturated heterocycles. The van der Waals surface area contributed by atoms with E-state index in [1.807, 2.05) is 0 Å². The second-order valence-corrected chi connectivity index (χ2v) is 5.50. The molecule has 3 heteroatoms. The van der Waals surface area contributed by atoms with Gasteiger partial charge >= 0.3 is 0 Å². The molecule has 88 valence electrons. The van der Waals surface area contributed by atoms with Crippen molar-refractivity contribution in [2.75, 3.05) is 40.3 Å². The maximum atomic E-state index is 5.86. The van der Waals surface area contributed by atoms with Crippen LogP contribution in [-0.2, 0) is 0 Å². The van der Waals surface area contributed by atoms with E-state index in [4.69, 9.17) is 5.73 Å². The Morgan fingerprint density at radius 1 is 1.40 bits per heavy atom. The zero-order chi connectivity index (χ0) is 10.8. The van der Waals surface area contributed by atoms with Gasteiger partial charge in [0.15, 0.2) is 0 Å². The van der Waals surface area contributed by atoms with Crippen LogP contribution < -0.4 is 5.73 Å². The van der Waals surface area contributed by atoms with E-state index >= 15 is 0 Å². The molecule has 2 N–H and O–H groups in total. The van der Waals surface area contributed by atoms with E-state index in [1.165, 1.54) is 38.9 Å². The first-order chi connectivity index (χ1) is 7.20. The molecule has 0 aromatic rings. The van der Waals surface area contributed by atoms with Crippen molar-refractivity contribution in [1.82, 2.24) is 9.80 Å². The molecule has 3 nitrogen and oxygen atoms in total. The first kappa shape index (κ1) is 11.4.